The molecule has 1 aliphatic rings. The van der Waals surface area contributed by atoms with Crippen LogP contribution in [0.1, 0.15) is 41.6 Å². The van der Waals surface area contributed by atoms with E-state index >= 15 is 0 Å². The fourth-order valence-electron chi connectivity index (χ4n) is 4.97. The molecule has 14 heteroatoms. The molecule has 46 heavy (non-hydrogen) atoms. The number of carbonyl (C=O) groups excluding carboxylic acids is 1. The Balaban J connectivity index is 1.06. The zero-order valence-electron chi connectivity index (χ0n) is 24.4. The number of carboxylic acid groups (broad SMARTS) is 1. The minimum absolute atomic E-state index is 0.000837. The number of benzene rings is 3. The van der Waals surface area contributed by atoms with Crippen LogP contribution in [0.4, 0.5) is 11.4 Å². The van der Waals surface area contributed by atoms with E-state index in [0.29, 0.717) is 48.6 Å². The molecule has 0 saturated heterocycles. The lowest BCUT2D eigenvalue weighted by atomic mass is 9.94. The van der Waals surface area contributed by atoms with Crippen molar-refractivity contribution in [2.45, 2.75) is 49.1 Å². The Kier molecular flexibility index (Phi) is 9.88. The van der Waals surface area contributed by atoms with Gasteiger partial charge in [-0.2, -0.15) is 0 Å². The van der Waals surface area contributed by atoms with E-state index in [2.05, 4.69) is 15.0 Å². The molecular formula is C32H30N4O9S. The van der Waals surface area contributed by atoms with Crippen LogP contribution in [-0.2, 0) is 21.2 Å². The molecule has 1 amide bonds. The fourth-order valence-corrected chi connectivity index (χ4v) is 6.27. The molecule has 13 nitrogen and oxygen atoms in total. The van der Waals surface area contributed by atoms with E-state index in [1.165, 1.54) is 42.6 Å². The van der Waals surface area contributed by atoms with Crippen LogP contribution in [0.3, 0.4) is 0 Å². The van der Waals surface area contributed by atoms with Gasteiger partial charge in [-0.3, -0.25) is 14.9 Å². The lowest BCUT2D eigenvalue weighted by Gasteiger charge is -2.29. The van der Waals surface area contributed by atoms with Gasteiger partial charge >= 0.3 is 5.97 Å². The molecule has 1 aliphatic carbocycles. The normalized spacial score (nSPS) is 16.3. The number of nitro benzene ring substituents is 1. The number of nitrogens with one attached hydrogen (secondary N) is 2. The minimum Gasteiger partial charge on any atom is -0.490 e. The molecule has 0 atom stereocenters. The lowest BCUT2D eigenvalue weighted by molar-refractivity contribution is -0.384. The molecule has 1 aromatic heterocycles. The first-order chi connectivity index (χ1) is 22.1. The number of nitro groups is 1. The van der Waals surface area contributed by atoms with Crippen molar-refractivity contribution in [1.29, 1.82) is 0 Å². The zero-order valence-corrected chi connectivity index (χ0v) is 25.2. The van der Waals surface area contributed by atoms with Gasteiger partial charge in [0.1, 0.15) is 11.5 Å². The highest BCUT2D eigenvalue weighted by atomic mass is 32.2. The number of nitrogens with zero attached hydrogens (tertiary/aromatic N) is 2. The summed E-state index contributed by atoms with van der Waals surface area (Å²) >= 11 is 0. The molecule has 4 aromatic rings. The van der Waals surface area contributed by atoms with Crippen LogP contribution in [0.5, 0.6) is 17.4 Å². The van der Waals surface area contributed by atoms with Crippen molar-refractivity contribution in [3.63, 3.8) is 0 Å². The van der Waals surface area contributed by atoms with Gasteiger partial charge in [-0.1, -0.05) is 18.2 Å². The van der Waals surface area contributed by atoms with Crippen molar-refractivity contribution in [1.82, 2.24) is 9.71 Å². The smallest absolute Gasteiger partial charge is 0.337 e. The number of pyridine rings is 1. The minimum atomic E-state index is -3.80. The topological polar surface area (TPSA) is 187 Å². The molecule has 0 spiro atoms. The second-order valence-electron chi connectivity index (χ2n) is 10.6. The number of anilines is 1. The van der Waals surface area contributed by atoms with Gasteiger partial charge in [0.2, 0.25) is 21.8 Å². The fraction of sp³-hybridized carbons (Fsp3) is 0.219. The average Bonchev–Trinajstić information content (AvgIpc) is 3.04. The Hall–Kier alpha value is -5.34. The molecule has 5 rings (SSSR count). The predicted octanol–water partition coefficient (Wildman–Crippen LogP) is 5.33. The molecule has 1 heterocycles. The molecular weight excluding hydrogens is 616 g/mol. The summed E-state index contributed by atoms with van der Waals surface area (Å²) in [6, 6.07) is 21.0. The van der Waals surface area contributed by atoms with Gasteiger partial charge in [0.05, 0.1) is 33.6 Å². The summed E-state index contributed by atoms with van der Waals surface area (Å²) in [7, 11) is -3.80. The summed E-state index contributed by atoms with van der Waals surface area (Å²) < 4.78 is 40.0. The first kappa shape index (κ1) is 32.1. The number of para-hydroxylation sites is 1. The number of amides is 1. The van der Waals surface area contributed by atoms with Crippen LogP contribution in [0.2, 0.25) is 0 Å². The van der Waals surface area contributed by atoms with Gasteiger partial charge < -0.3 is 19.9 Å². The zero-order chi connectivity index (χ0) is 32.7. The highest BCUT2D eigenvalue weighted by molar-refractivity contribution is 7.89. The molecule has 1 saturated carbocycles. The number of hydrogen-bond donors (Lipinski definition) is 3. The Morgan fingerprint density at radius 3 is 2.22 bits per heavy atom. The van der Waals surface area contributed by atoms with Crippen LogP contribution in [0.15, 0.2) is 96.0 Å². The van der Waals surface area contributed by atoms with E-state index in [1.54, 1.807) is 48.5 Å². The second-order valence-corrected chi connectivity index (χ2v) is 12.3. The first-order valence-electron chi connectivity index (χ1n) is 14.3. The van der Waals surface area contributed by atoms with Crippen molar-refractivity contribution < 1.29 is 37.5 Å². The SMILES string of the molecule is O=C(Cc1ccc(Oc2ccc(OC3CCC(NS(=O)(=O)c4ccc([N+](=O)[O-])cc4)CC3)cc2)nc1)Nc1ccccc1C(=O)O. The van der Waals surface area contributed by atoms with Gasteiger partial charge in [-0.15, -0.1) is 0 Å². The van der Waals surface area contributed by atoms with E-state index in [9.17, 15) is 33.2 Å². The standard InChI is InChI=1S/C32H30N4O9S/c37-30(34-29-4-2-1-3-28(29)32(38)39)19-21-5-18-31(33-20-21)45-26-14-12-25(13-15-26)44-24-10-6-22(7-11-24)35-46(42,43)27-16-8-23(9-17-27)36(40)41/h1-5,8-9,12-18,20,22,24,35H,6-7,10-11,19H2,(H,34,37)(H,38,39). The molecule has 3 N–H and O–H groups in total. The largest absolute Gasteiger partial charge is 0.490 e. The third kappa shape index (κ3) is 8.43. The first-order valence-corrected chi connectivity index (χ1v) is 15.8. The molecule has 0 radical (unpaired) electrons. The summed E-state index contributed by atoms with van der Waals surface area (Å²) in [6.07, 6.45) is 3.88. The maximum Gasteiger partial charge on any atom is 0.337 e. The molecule has 3 aromatic carbocycles. The summed E-state index contributed by atoms with van der Waals surface area (Å²) in [6.45, 7) is 0. The highest BCUT2D eigenvalue weighted by Gasteiger charge is 2.27. The third-order valence-electron chi connectivity index (χ3n) is 7.30. The summed E-state index contributed by atoms with van der Waals surface area (Å²) in [5.74, 6) is -0.0188. The van der Waals surface area contributed by atoms with E-state index in [0.717, 1.165) is 0 Å². The number of rotatable bonds is 12. The molecule has 1 fully saturated rings. The highest BCUT2D eigenvalue weighted by Crippen LogP contribution is 2.28. The Labute approximate surface area is 264 Å². The van der Waals surface area contributed by atoms with Gasteiger partial charge in [0.15, 0.2) is 0 Å². The van der Waals surface area contributed by atoms with Crippen molar-refractivity contribution in [2.24, 2.45) is 0 Å². The number of hydrogen-bond acceptors (Lipinski definition) is 9. The van der Waals surface area contributed by atoms with Gasteiger partial charge in [0.25, 0.3) is 5.69 Å². The van der Waals surface area contributed by atoms with Crippen molar-refractivity contribution in [2.75, 3.05) is 5.32 Å². The van der Waals surface area contributed by atoms with Crippen molar-refractivity contribution >= 4 is 33.3 Å². The Bertz CT molecular complexity index is 1810. The summed E-state index contributed by atoms with van der Waals surface area (Å²) in [5, 5.41) is 22.7. The third-order valence-corrected chi connectivity index (χ3v) is 8.83. The van der Waals surface area contributed by atoms with Crippen molar-refractivity contribution in [3.05, 3.63) is 112 Å². The van der Waals surface area contributed by atoms with E-state index in [4.69, 9.17) is 9.47 Å². The Morgan fingerprint density at radius 2 is 1.59 bits per heavy atom. The number of non-ortho nitro benzene ring substituents is 1. The van der Waals surface area contributed by atoms with E-state index < -0.39 is 20.9 Å². The number of aromatic carboxylic acids is 1. The number of sulfonamides is 1. The second kappa shape index (κ2) is 14.2. The van der Waals surface area contributed by atoms with E-state index in [-0.39, 0.29) is 46.3 Å². The van der Waals surface area contributed by atoms with Crippen LogP contribution >= 0.6 is 0 Å². The lowest BCUT2D eigenvalue weighted by Crippen LogP contribution is -2.39. The maximum absolute atomic E-state index is 12.7. The van der Waals surface area contributed by atoms with Gasteiger partial charge in [-0.25, -0.2) is 22.9 Å². The maximum atomic E-state index is 12.7. The predicted molar refractivity (Wildman–Crippen MR) is 167 cm³/mol. The molecule has 0 bridgehead atoms. The molecule has 0 aliphatic heterocycles. The Morgan fingerprint density at radius 1 is 0.913 bits per heavy atom. The van der Waals surface area contributed by atoms with Crippen LogP contribution < -0.4 is 19.5 Å². The monoisotopic (exact) mass is 646 g/mol. The number of ether oxygens (including phenoxy) is 2. The molecule has 238 valence electrons. The van der Waals surface area contributed by atoms with Crippen LogP contribution in [-0.4, -0.2) is 47.5 Å². The van der Waals surface area contributed by atoms with Crippen LogP contribution in [0.25, 0.3) is 0 Å². The quantitative estimate of drug-likeness (QED) is 0.134. The van der Waals surface area contributed by atoms with Gasteiger partial charge in [-0.05, 0) is 79.8 Å². The number of carboxylic acids is 1. The average molecular weight is 647 g/mol. The molecule has 0 unspecified atom stereocenters. The summed E-state index contributed by atoms with van der Waals surface area (Å²) in [4.78, 5) is 38.3. The number of aromatic nitrogens is 1. The van der Waals surface area contributed by atoms with E-state index in [1.807, 2.05) is 0 Å². The van der Waals surface area contributed by atoms with Gasteiger partial charge in [0, 0.05) is 30.4 Å². The summed E-state index contributed by atoms with van der Waals surface area (Å²) in [5.41, 5.74) is 0.669. The van der Waals surface area contributed by atoms with Crippen LogP contribution in [0, 0.1) is 10.1 Å². The van der Waals surface area contributed by atoms with Crippen molar-refractivity contribution in [3.8, 4) is 17.4 Å². The number of carbonyl (C=O) groups is 2.